The molecule has 0 fully saturated rings. The number of anilines is 1. The molecule has 2 aromatic rings. The minimum atomic E-state index is -0.802. The van der Waals surface area contributed by atoms with Crippen LogP contribution >= 0.6 is 0 Å². The van der Waals surface area contributed by atoms with Crippen LogP contribution in [0, 0.1) is 5.82 Å². The Balaban J connectivity index is 1.98. The van der Waals surface area contributed by atoms with Crippen LogP contribution in [0.3, 0.4) is 0 Å². The fourth-order valence-corrected chi connectivity index (χ4v) is 2.92. The highest BCUT2D eigenvalue weighted by Gasteiger charge is 2.21. The van der Waals surface area contributed by atoms with E-state index in [0.717, 1.165) is 25.2 Å². The van der Waals surface area contributed by atoms with E-state index >= 15 is 0 Å². The van der Waals surface area contributed by atoms with Gasteiger partial charge in [0.2, 0.25) is 0 Å². The van der Waals surface area contributed by atoms with Crippen LogP contribution in [0.25, 0.3) is 0 Å². The van der Waals surface area contributed by atoms with E-state index in [4.69, 9.17) is 0 Å². The highest BCUT2D eigenvalue weighted by Crippen LogP contribution is 2.32. The summed E-state index contributed by atoms with van der Waals surface area (Å²) in [7, 11) is 0. The molecule has 1 aliphatic rings. The van der Waals surface area contributed by atoms with Gasteiger partial charge < -0.3 is 10.0 Å². The third-order valence-electron chi connectivity index (χ3n) is 3.92. The van der Waals surface area contributed by atoms with Crippen LogP contribution in [0.1, 0.15) is 29.7 Å². The van der Waals surface area contributed by atoms with Gasteiger partial charge in [-0.2, -0.15) is 0 Å². The Labute approximate surface area is 118 Å². The normalized spacial score (nSPS) is 15.8. The molecule has 0 bridgehead atoms. The number of hydrogen-bond donors (Lipinski definition) is 1. The van der Waals surface area contributed by atoms with Crippen molar-refractivity contribution in [2.75, 3.05) is 11.4 Å². The van der Waals surface area contributed by atoms with Gasteiger partial charge in [0.1, 0.15) is 5.82 Å². The Kier molecular flexibility index (Phi) is 3.45. The maximum Gasteiger partial charge on any atom is 0.131 e. The lowest BCUT2D eigenvalue weighted by Crippen LogP contribution is -2.31. The van der Waals surface area contributed by atoms with Gasteiger partial charge in [0.25, 0.3) is 0 Å². The van der Waals surface area contributed by atoms with Crippen molar-refractivity contribution in [2.45, 2.75) is 26.0 Å². The van der Waals surface area contributed by atoms with Crippen LogP contribution in [-0.4, -0.2) is 11.7 Å². The third-order valence-corrected chi connectivity index (χ3v) is 3.92. The van der Waals surface area contributed by atoms with Gasteiger partial charge in [-0.05, 0) is 36.6 Å². The SMILES string of the molecule is C[C@H](O)c1c(F)cccc1N1CCc2ccccc2C1. The summed E-state index contributed by atoms with van der Waals surface area (Å²) in [6.45, 7) is 3.22. The molecule has 0 radical (unpaired) electrons. The first kappa shape index (κ1) is 13.1. The average Bonchev–Trinajstić information content (AvgIpc) is 2.46. The molecule has 0 saturated carbocycles. The number of aliphatic hydroxyl groups excluding tert-OH is 1. The van der Waals surface area contributed by atoms with Gasteiger partial charge >= 0.3 is 0 Å². The Morgan fingerprint density at radius 1 is 1.10 bits per heavy atom. The molecule has 2 nitrogen and oxygen atoms in total. The monoisotopic (exact) mass is 271 g/mol. The summed E-state index contributed by atoms with van der Waals surface area (Å²) < 4.78 is 14.0. The zero-order chi connectivity index (χ0) is 14.1. The van der Waals surface area contributed by atoms with Crippen molar-refractivity contribution in [3.63, 3.8) is 0 Å². The van der Waals surface area contributed by atoms with Gasteiger partial charge in [-0.15, -0.1) is 0 Å². The number of fused-ring (bicyclic) bond motifs is 1. The zero-order valence-electron chi connectivity index (χ0n) is 11.5. The summed E-state index contributed by atoms with van der Waals surface area (Å²) in [5, 5.41) is 9.84. The van der Waals surface area contributed by atoms with E-state index in [9.17, 15) is 9.50 Å². The maximum absolute atomic E-state index is 14.0. The molecule has 1 N–H and O–H groups in total. The molecular formula is C17H18FNO. The molecule has 0 spiro atoms. The highest BCUT2D eigenvalue weighted by molar-refractivity contribution is 5.57. The highest BCUT2D eigenvalue weighted by atomic mass is 19.1. The first-order valence-electron chi connectivity index (χ1n) is 6.95. The summed E-state index contributed by atoms with van der Waals surface area (Å²) in [4.78, 5) is 2.15. The first-order valence-corrected chi connectivity index (χ1v) is 6.95. The van der Waals surface area contributed by atoms with Crippen molar-refractivity contribution in [1.82, 2.24) is 0 Å². The minimum absolute atomic E-state index is 0.337. The maximum atomic E-state index is 14.0. The van der Waals surface area contributed by atoms with Gasteiger partial charge in [0.05, 0.1) is 6.10 Å². The van der Waals surface area contributed by atoms with Crippen molar-refractivity contribution >= 4 is 5.69 Å². The molecule has 2 aromatic carbocycles. The summed E-state index contributed by atoms with van der Waals surface area (Å²) in [5.74, 6) is -0.337. The molecule has 0 unspecified atom stereocenters. The smallest absolute Gasteiger partial charge is 0.131 e. The number of hydrogen-bond acceptors (Lipinski definition) is 2. The molecule has 1 heterocycles. The molecular weight excluding hydrogens is 253 g/mol. The average molecular weight is 271 g/mol. The Morgan fingerprint density at radius 2 is 1.85 bits per heavy atom. The largest absolute Gasteiger partial charge is 0.389 e. The van der Waals surface area contributed by atoms with Crippen LogP contribution in [0.5, 0.6) is 0 Å². The lowest BCUT2D eigenvalue weighted by atomic mass is 9.98. The number of benzene rings is 2. The van der Waals surface area contributed by atoms with E-state index in [0.29, 0.717) is 5.56 Å². The summed E-state index contributed by atoms with van der Waals surface area (Å²) in [6, 6.07) is 13.3. The van der Waals surface area contributed by atoms with E-state index in [-0.39, 0.29) is 5.82 Å². The molecule has 1 atom stereocenters. The molecule has 104 valence electrons. The van der Waals surface area contributed by atoms with Crippen molar-refractivity contribution in [3.8, 4) is 0 Å². The van der Waals surface area contributed by atoms with Gasteiger partial charge in [-0.1, -0.05) is 30.3 Å². The summed E-state index contributed by atoms with van der Waals surface area (Å²) in [6.07, 6.45) is 0.148. The molecule has 0 aliphatic carbocycles. The van der Waals surface area contributed by atoms with Gasteiger partial charge in [0.15, 0.2) is 0 Å². The van der Waals surface area contributed by atoms with Crippen LogP contribution in [0.4, 0.5) is 10.1 Å². The number of aliphatic hydroxyl groups is 1. The number of nitrogens with zero attached hydrogens (tertiary/aromatic N) is 1. The lowest BCUT2D eigenvalue weighted by Gasteiger charge is -2.32. The van der Waals surface area contributed by atoms with E-state index in [1.807, 2.05) is 12.1 Å². The Hall–Kier alpha value is -1.87. The van der Waals surface area contributed by atoms with E-state index in [1.54, 1.807) is 13.0 Å². The third kappa shape index (κ3) is 2.29. The van der Waals surface area contributed by atoms with Crippen LogP contribution < -0.4 is 4.90 Å². The van der Waals surface area contributed by atoms with E-state index in [1.165, 1.54) is 17.2 Å². The molecule has 0 aromatic heterocycles. The summed E-state index contributed by atoms with van der Waals surface area (Å²) in [5.41, 5.74) is 3.83. The zero-order valence-corrected chi connectivity index (χ0v) is 11.5. The quantitative estimate of drug-likeness (QED) is 0.904. The molecule has 3 heteroatoms. The van der Waals surface area contributed by atoms with Crippen molar-refractivity contribution < 1.29 is 9.50 Å². The van der Waals surface area contributed by atoms with E-state index in [2.05, 4.69) is 23.1 Å². The van der Waals surface area contributed by atoms with Crippen LogP contribution in [-0.2, 0) is 13.0 Å². The second-order valence-corrected chi connectivity index (χ2v) is 5.29. The predicted molar refractivity (Wildman–Crippen MR) is 78.2 cm³/mol. The Bertz CT molecular complexity index is 624. The van der Waals surface area contributed by atoms with Gasteiger partial charge in [-0.3, -0.25) is 0 Å². The van der Waals surface area contributed by atoms with Crippen molar-refractivity contribution in [3.05, 3.63) is 65.0 Å². The predicted octanol–water partition coefficient (Wildman–Crippen LogP) is 3.44. The van der Waals surface area contributed by atoms with Crippen molar-refractivity contribution in [1.29, 1.82) is 0 Å². The number of rotatable bonds is 2. The van der Waals surface area contributed by atoms with E-state index < -0.39 is 6.10 Å². The molecule has 20 heavy (non-hydrogen) atoms. The lowest BCUT2D eigenvalue weighted by molar-refractivity contribution is 0.194. The second-order valence-electron chi connectivity index (χ2n) is 5.29. The fraction of sp³-hybridized carbons (Fsp3) is 0.294. The molecule has 0 amide bonds. The minimum Gasteiger partial charge on any atom is -0.389 e. The fourth-order valence-electron chi connectivity index (χ4n) is 2.92. The molecule has 0 saturated heterocycles. The number of halogens is 1. The second kappa shape index (κ2) is 5.25. The van der Waals surface area contributed by atoms with Crippen molar-refractivity contribution in [2.24, 2.45) is 0 Å². The topological polar surface area (TPSA) is 23.5 Å². The molecule has 1 aliphatic heterocycles. The molecule has 3 rings (SSSR count). The summed E-state index contributed by atoms with van der Waals surface area (Å²) >= 11 is 0. The first-order chi connectivity index (χ1) is 9.66. The van der Waals surface area contributed by atoms with Gasteiger partial charge in [0, 0.05) is 24.3 Å². The van der Waals surface area contributed by atoms with Gasteiger partial charge in [-0.25, -0.2) is 4.39 Å². The Morgan fingerprint density at radius 3 is 2.60 bits per heavy atom. The van der Waals surface area contributed by atoms with Crippen LogP contribution in [0.15, 0.2) is 42.5 Å². The van der Waals surface area contributed by atoms with Crippen LogP contribution in [0.2, 0.25) is 0 Å². The standard InChI is InChI=1S/C17H18FNO/c1-12(20)17-15(18)7-4-8-16(17)19-10-9-13-5-2-3-6-14(13)11-19/h2-8,12,20H,9-11H2,1H3/t12-/m0/s1.